The predicted molar refractivity (Wildman–Crippen MR) is 91.1 cm³/mol. The Bertz CT molecular complexity index is 890. The Balaban J connectivity index is 2.08. The maximum Gasteiger partial charge on any atom is 0.263 e. The number of hydrogen-bond acceptors (Lipinski definition) is 2. The lowest BCUT2D eigenvalue weighted by molar-refractivity contribution is 0.0992. The Morgan fingerprint density at radius 3 is 2.38 bits per heavy atom. The molecule has 0 aliphatic heterocycles. The van der Waals surface area contributed by atoms with Gasteiger partial charge in [-0.1, -0.05) is 12.1 Å². The molecule has 3 rings (SSSR count). The van der Waals surface area contributed by atoms with Gasteiger partial charge in [-0.05, 0) is 38.1 Å². The third-order valence-electron chi connectivity index (χ3n) is 4.14. The molecule has 3 aromatic rings. The standard InChI is InChI=1S/C18H19FN4O/c1-12-9-10-13(2)23(12)17-14(11-20-22(17)4)18(24)21(3)16-8-6-5-7-15(16)19/h5-11H,1-4H3. The van der Waals surface area contributed by atoms with Crippen LogP contribution in [0, 0.1) is 19.7 Å². The molecular formula is C18H19FN4O. The van der Waals surface area contributed by atoms with Gasteiger partial charge in [0.15, 0.2) is 0 Å². The molecule has 1 aromatic carbocycles. The normalized spacial score (nSPS) is 10.9. The van der Waals surface area contributed by atoms with Gasteiger partial charge in [0.2, 0.25) is 0 Å². The molecule has 2 heterocycles. The summed E-state index contributed by atoms with van der Waals surface area (Å²) in [7, 11) is 3.35. The molecule has 2 aromatic heterocycles. The molecule has 0 bridgehead atoms. The highest BCUT2D eigenvalue weighted by Gasteiger charge is 2.24. The van der Waals surface area contributed by atoms with E-state index in [1.165, 1.54) is 17.2 Å². The van der Waals surface area contributed by atoms with Crippen molar-refractivity contribution in [1.29, 1.82) is 0 Å². The largest absolute Gasteiger partial charge is 0.309 e. The van der Waals surface area contributed by atoms with Crippen LogP contribution < -0.4 is 4.90 Å². The average Bonchev–Trinajstić information content (AvgIpc) is 3.09. The molecule has 0 aliphatic carbocycles. The lowest BCUT2D eigenvalue weighted by Gasteiger charge is -2.19. The molecule has 1 amide bonds. The Morgan fingerprint density at radius 2 is 1.75 bits per heavy atom. The SMILES string of the molecule is Cc1ccc(C)n1-c1c(C(=O)N(C)c2ccccc2F)cnn1C. The first-order valence-electron chi connectivity index (χ1n) is 7.61. The van der Waals surface area contributed by atoms with Crippen molar-refractivity contribution in [2.75, 3.05) is 11.9 Å². The van der Waals surface area contributed by atoms with Crippen molar-refractivity contribution in [3.05, 3.63) is 65.4 Å². The molecule has 24 heavy (non-hydrogen) atoms. The third kappa shape index (κ3) is 2.50. The molecule has 0 fully saturated rings. The van der Waals surface area contributed by atoms with Crippen LogP contribution in [0.1, 0.15) is 21.7 Å². The van der Waals surface area contributed by atoms with Crippen LogP contribution in [0.25, 0.3) is 5.82 Å². The zero-order chi connectivity index (χ0) is 17.4. The quantitative estimate of drug-likeness (QED) is 0.741. The smallest absolute Gasteiger partial charge is 0.263 e. The third-order valence-corrected chi connectivity index (χ3v) is 4.14. The number of amides is 1. The van der Waals surface area contributed by atoms with E-state index in [9.17, 15) is 9.18 Å². The zero-order valence-electron chi connectivity index (χ0n) is 14.1. The number of aromatic nitrogens is 3. The number of hydrogen-bond donors (Lipinski definition) is 0. The van der Waals surface area contributed by atoms with E-state index >= 15 is 0 Å². The number of halogens is 1. The summed E-state index contributed by atoms with van der Waals surface area (Å²) in [6.07, 6.45) is 1.52. The Hall–Kier alpha value is -2.89. The number of rotatable bonds is 3. The van der Waals surface area contributed by atoms with Gasteiger partial charge in [-0.2, -0.15) is 5.10 Å². The fourth-order valence-corrected chi connectivity index (χ4v) is 2.86. The van der Waals surface area contributed by atoms with E-state index in [2.05, 4.69) is 5.10 Å². The van der Waals surface area contributed by atoms with Crippen molar-refractivity contribution in [1.82, 2.24) is 14.3 Å². The Labute approximate surface area is 139 Å². The van der Waals surface area contributed by atoms with Crippen LogP contribution in [0.2, 0.25) is 0 Å². The topological polar surface area (TPSA) is 43.1 Å². The highest BCUT2D eigenvalue weighted by molar-refractivity contribution is 6.07. The maximum atomic E-state index is 14.0. The summed E-state index contributed by atoms with van der Waals surface area (Å²) >= 11 is 0. The maximum absolute atomic E-state index is 14.0. The van der Waals surface area contributed by atoms with Gasteiger partial charge in [0.25, 0.3) is 5.91 Å². The van der Waals surface area contributed by atoms with Crippen LogP contribution in [-0.4, -0.2) is 27.3 Å². The van der Waals surface area contributed by atoms with E-state index < -0.39 is 5.82 Å². The highest BCUT2D eigenvalue weighted by Crippen LogP contribution is 2.24. The number of nitrogens with zero attached hydrogens (tertiary/aromatic N) is 4. The first-order chi connectivity index (χ1) is 11.4. The number of carbonyl (C=O) groups is 1. The van der Waals surface area contributed by atoms with Gasteiger partial charge in [0.1, 0.15) is 17.2 Å². The summed E-state index contributed by atoms with van der Waals surface area (Å²) < 4.78 is 17.6. The second-order valence-corrected chi connectivity index (χ2v) is 5.77. The van der Waals surface area contributed by atoms with Crippen molar-refractivity contribution in [2.45, 2.75) is 13.8 Å². The van der Waals surface area contributed by atoms with E-state index in [1.54, 1.807) is 37.0 Å². The Morgan fingerprint density at radius 1 is 1.12 bits per heavy atom. The fraction of sp³-hybridized carbons (Fsp3) is 0.222. The van der Waals surface area contributed by atoms with Crippen molar-refractivity contribution in [2.24, 2.45) is 7.05 Å². The van der Waals surface area contributed by atoms with Gasteiger partial charge in [0, 0.05) is 25.5 Å². The molecule has 0 radical (unpaired) electrons. The average molecular weight is 326 g/mol. The van der Waals surface area contributed by atoms with E-state index in [-0.39, 0.29) is 11.6 Å². The molecule has 124 valence electrons. The van der Waals surface area contributed by atoms with Gasteiger partial charge in [-0.3, -0.25) is 9.48 Å². The minimum atomic E-state index is -0.438. The van der Waals surface area contributed by atoms with Crippen LogP contribution in [0.3, 0.4) is 0 Å². The van der Waals surface area contributed by atoms with Crippen LogP contribution in [0.5, 0.6) is 0 Å². The highest BCUT2D eigenvalue weighted by atomic mass is 19.1. The molecule has 5 nitrogen and oxygen atoms in total. The molecule has 6 heteroatoms. The monoisotopic (exact) mass is 326 g/mol. The lowest BCUT2D eigenvalue weighted by atomic mass is 10.2. The van der Waals surface area contributed by atoms with Gasteiger partial charge >= 0.3 is 0 Å². The minimum Gasteiger partial charge on any atom is -0.309 e. The summed E-state index contributed by atoms with van der Waals surface area (Å²) in [4.78, 5) is 14.3. The number of anilines is 1. The van der Waals surface area contributed by atoms with E-state index in [4.69, 9.17) is 0 Å². The van der Waals surface area contributed by atoms with Crippen molar-refractivity contribution in [3.8, 4) is 5.82 Å². The first kappa shape index (κ1) is 16.0. The molecule has 0 saturated carbocycles. The predicted octanol–water partition coefficient (Wildman–Crippen LogP) is 3.24. The zero-order valence-corrected chi connectivity index (χ0v) is 14.1. The van der Waals surface area contributed by atoms with Crippen molar-refractivity contribution >= 4 is 11.6 Å². The second-order valence-electron chi connectivity index (χ2n) is 5.77. The van der Waals surface area contributed by atoms with E-state index in [1.807, 2.05) is 30.5 Å². The minimum absolute atomic E-state index is 0.234. The summed E-state index contributed by atoms with van der Waals surface area (Å²) in [5.74, 6) is -0.0778. The number of aryl methyl sites for hydroxylation is 3. The van der Waals surface area contributed by atoms with E-state index in [0.717, 1.165) is 11.4 Å². The van der Waals surface area contributed by atoms with Crippen molar-refractivity contribution in [3.63, 3.8) is 0 Å². The van der Waals surface area contributed by atoms with Gasteiger partial charge in [0.05, 0.1) is 11.9 Å². The van der Waals surface area contributed by atoms with Crippen molar-refractivity contribution < 1.29 is 9.18 Å². The Kier molecular flexibility index (Phi) is 3.97. The summed E-state index contributed by atoms with van der Waals surface area (Å²) in [6, 6.07) is 10.2. The molecule has 0 atom stereocenters. The first-order valence-corrected chi connectivity index (χ1v) is 7.61. The van der Waals surface area contributed by atoms with Crippen LogP contribution in [0.4, 0.5) is 10.1 Å². The number of para-hydroxylation sites is 1. The summed E-state index contributed by atoms with van der Waals surface area (Å²) in [5, 5.41) is 4.23. The van der Waals surface area contributed by atoms with Crippen LogP contribution in [0.15, 0.2) is 42.6 Å². The second kappa shape index (κ2) is 5.96. The molecule has 0 saturated heterocycles. The summed E-state index contributed by atoms with van der Waals surface area (Å²) in [6.45, 7) is 3.93. The van der Waals surface area contributed by atoms with Crippen LogP contribution >= 0.6 is 0 Å². The van der Waals surface area contributed by atoms with Gasteiger partial charge in [-0.15, -0.1) is 0 Å². The van der Waals surface area contributed by atoms with Gasteiger partial charge < -0.3 is 9.47 Å². The molecule has 0 unspecified atom stereocenters. The summed E-state index contributed by atoms with van der Waals surface area (Å²) in [5.41, 5.74) is 2.65. The van der Waals surface area contributed by atoms with E-state index in [0.29, 0.717) is 11.4 Å². The van der Waals surface area contributed by atoms with Gasteiger partial charge in [-0.25, -0.2) is 4.39 Å². The molecular weight excluding hydrogens is 307 g/mol. The number of benzene rings is 1. The lowest BCUT2D eigenvalue weighted by Crippen LogP contribution is -2.28. The number of carbonyl (C=O) groups excluding carboxylic acids is 1. The van der Waals surface area contributed by atoms with Crippen LogP contribution in [-0.2, 0) is 7.05 Å². The molecule has 0 N–H and O–H groups in total. The molecule has 0 spiro atoms. The fourth-order valence-electron chi connectivity index (χ4n) is 2.86. The molecule has 0 aliphatic rings.